The second kappa shape index (κ2) is 7.44. The van der Waals surface area contributed by atoms with Crippen LogP contribution in [0.4, 0.5) is 0 Å². The second-order valence-corrected chi connectivity index (χ2v) is 6.61. The molecule has 3 rings (SSSR count). The van der Waals surface area contributed by atoms with Gasteiger partial charge in [-0.05, 0) is 25.0 Å². The van der Waals surface area contributed by atoms with Crippen LogP contribution in [-0.2, 0) is 4.74 Å². The van der Waals surface area contributed by atoms with Crippen molar-refractivity contribution in [3.8, 4) is 5.75 Å². The quantitative estimate of drug-likeness (QED) is 0.907. The van der Waals surface area contributed by atoms with Crippen LogP contribution in [0.2, 0.25) is 0 Å². The molecule has 0 aromatic heterocycles. The highest BCUT2D eigenvalue weighted by Gasteiger charge is 2.37. The lowest BCUT2D eigenvalue weighted by Gasteiger charge is -2.45. The minimum absolute atomic E-state index is 0.0521. The van der Waals surface area contributed by atoms with Crippen molar-refractivity contribution in [3.63, 3.8) is 0 Å². The van der Waals surface area contributed by atoms with Gasteiger partial charge in [0.15, 0.2) is 0 Å². The normalized spacial score (nSPS) is 23.3. The molecular weight excluding hydrogens is 278 g/mol. The number of hydrogen-bond donors (Lipinski definition) is 1. The number of aliphatic hydroxyl groups excluding tert-OH is 1. The van der Waals surface area contributed by atoms with Crippen LogP contribution in [0.15, 0.2) is 30.3 Å². The Labute approximate surface area is 133 Å². The molecule has 1 saturated carbocycles. The number of rotatable bonds is 5. The predicted octanol–water partition coefficient (Wildman–Crippen LogP) is 2.46. The number of ether oxygens (including phenoxy) is 2. The van der Waals surface area contributed by atoms with E-state index in [0.29, 0.717) is 13.2 Å². The van der Waals surface area contributed by atoms with Gasteiger partial charge in [-0.3, -0.25) is 4.90 Å². The fraction of sp³-hybridized carbons (Fsp3) is 0.667. The molecule has 4 heteroatoms. The van der Waals surface area contributed by atoms with E-state index >= 15 is 0 Å². The Kier molecular flexibility index (Phi) is 5.34. The Hall–Kier alpha value is -1.10. The van der Waals surface area contributed by atoms with Crippen LogP contribution >= 0.6 is 0 Å². The van der Waals surface area contributed by atoms with Crippen molar-refractivity contribution in [2.24, 2.45) is 0 Å². The smallest absolute Gasteiger partial charge is 0.119 e. The first-order valence-corrected chi connectivity index (χ1v) is 8.48. The van der Waals surface area contributed by atoms with Crippen LogP contribution in [0.5, 0.6) is 5.75 Å². The second-order valence-electron chi connectivity index (χ2n) is 6.61. The maximum atomic E-state index is 10.2. The van der Waals surface area contributed by atoms with E-state index in [2.05, 4.69) is 4.90 Å². The summed E-state index contributed by atoms with van der Waals surface area (Å²) < 4.78 is 11.7. The first-order chi connectivity index (χ1) is 10.8. The molecule has 4 nitrogen and oxygen atoms in total. The largest absolute Gasteiger partial charge is 0.491 e. The van der Waals surface area contributed by atoms with Gasteiger partial charge in [0.1, 0.15) is 18.5 Å². The summed E-state index contributed by atoms with van der Waals surface area (Å²) in [5, 5.41) is 10.2. The third-order valence-electron chi connectivity index (χ3n) is 4.75. The minimum atomic E-state index is -0.459. The first-order valence-electron chi connectivity index (χ1n) is 8.48. The molecule has 1 N–H and O–H groups in total. The van der Waals surface area contributed by atoms with Gasteiger partial charge >= 0.3 is 0 Å². The molecule has 2 aliphatic rings. The Bertz CT molecular complexity index is 439. The van der Waals surface area contributed by atoms with Crippen LogP contribution in [-0.4, -0.2) is 54.6 Å². The Balaban J connectivity index is 1.45. The average Bonchev–Trinajstić information content (AvgIpc) is 2.55. The predicted molar refractivity (Wildman–Crippen MR) is 86.2 cm³/mol. The SMILES string of the molecule is OC(COc1ccccc1)CN1CCOC2(CCCCC2)C1. The fourth-order valence-corrected chi connectivity index (χ4v) is 3.64. The highest BCUT2D eigenvalue weighted by molar-refractivity contribution is 5.20. The molecule has 1 saturated heterocycles. The lowest BCUT2D eigenvalue weighted by atomic mass is 9.83. The first kappa shape index (κ1) is 15.8. The van der Waals surface area contributed by atoms with Gasteiger partial charge in [0.25, 0.3) is 0 Å². The zero-order chi connectivity index (χ0) is 15.3. The molecule has 1 aromatic carbocycles. The van der Waals surface area contributed by atoms with Crippen molar-refractivity contribution in [2.75, 3.05) is 32.8 Å². The lowest BCUT2D eigenvalue weighted by molar-refractivity contribution is -0.132. The van der Waals surface area contributed by atoms with Gasteiger partial charge in [0, 0.05) is 19.6 Å². The lowest BCUT2D eigenvalue weighted by Crippen LogP contribution is -2.54. The van der Waals surface area contributed by atoms with E-state index in [9.17, 15) is 5.11 Å². The number of hydrogen-bond acceptors (Lipinski definition) is 4. The molecule has 1 unspecified atom stereocenters. The number of nitrogens with zero attached hydrogens (tertiary/aromatic N) is 1. The molecule has 22 heavy (non-hydrogen) atoms. The van der Waals surface area contributed by atoms with Gasteiger partial charge in [-0.25, -0.2) is 0 Å². The van der Waals surface area contributed by atoms with E-state index < -0.39 is 6.10 Å². The summed E-state index contributed by atoms with van der Waals surface area (Å²) in [5.41, 5.74) is 0.0521. The van der Waals surface area contributed by atoms with Gasteiger partial charge in [-0.1, -0.05) is 37.5 Å². The summed E-state index contributed by atoms with van der Waals surface area (Å²) in [6.45, 7) is 3.65. The molecule has 1 aromatic rings. The summed E-state index contributed by atoms with van der Waals surface area (Å²) >= 11 is 0. The molecule has 1 heterocycles. The molecule has 1 aliphatic heterocycles. The van der Waals surface area contributed by atoms with Gasteiger partial charge in [0.2, 0.25) is 0 Å². The molecule has 1 aliphatic carbocycles. The molecular formula is C18H27NO3. The van der Waals surface area contributed by atoms with E-state index in [4.69, 9.17) is 9.47 Å². The number of para-hydroxylation sites is 1. The topological polar surface area (TPSA) is 41.9 Å². The molecule has 1 atom stereocenters. The third kappa shape index (κ3) is 4.22. The summed E-state index contributed by atoms with van der Waals surface area (Å²) in [7, 11) is 0. The van der Waals surface area contributed by atoms with Gasteiger partial charge in [-0.15, -0.1) is 0 Å². The van der Waals surface area contributed by atoms with E-state index in [1.807, 2.05) is 30.3 Å². The zero-order valence-corrected chi connectivity index (χ0v) is 13.2. The minimum Gasteiger partial charge on any atom is -0.491 e. The Morgan fingerprint density at radius 3 is 2.73 bits per heavy atom. The number of benzene rings is 1. The summed E-state index contributed by atoms with van der Waals surface area (Å²) in [6.07, 6.45) is 5.75. The van der Waals surface area contributed by atoms with Crippen LogP contribution in [0.1, 0.15) is 32.1 Å². The van der Waals surface area contributed by atoms with E-state index in [1.54, 1.807) is 0 Å². The van der Waals surface area contributed by atoms with Crippen molar-refractivity contribution in [2.45, 2.75) is 43.8 Å². The van der Waals surface area contributed by atoms with Crippen LogP contribution in [0, 0.1) is 0 Å². The molecule has 0 amide bonds. The maximum Gasteiger partial charge on any atom is 0.119 e. The average molecular weight is 305 g/mol. The summed E-state index contributed by atoms with van der Waals surface area (Å²) in [5.74, 6) is 0.812. The Morgan fingerprint density at radius 2 is 1.95 bits per heavy atom. The fourth-order valence-electron chi connectivity index (χ4n) is 3.64. The molecule has 0 radical (unpaired) electrons. The van der Waals surface area contributed by atoms with E-state index in [1.165, 1.54) is 32.1 Å². The van der Waals surface area contributed by atoms with Gasteiger partial charge in [-0.2, -0.15) is 0 Å². The van der Waals surface area contributed by atoms with Crippen LogP contribution < -0.4 is 4.74 Å². The summed E-state index contributed by atoms with van der Waals surface area (Å²) in [4.78, 5) is 2.34. The number of β-amino-alcohol motifs (C(OH)–C–C–N with tert-alkyl or cyclic N) is 1. The van der Waals surface area contributed by atoms with E-state index in [-0.39, 0.29) is 5.60 Å². The van der Waals surface area contributed by atoms with Crippen LogP contribution in [0.3, 0.4) is 0 Å². The molecule has 122 valence electrons. The van der Waals surface area contributed by atoms with Crippen molar-refractivity contribution < 1.29 is 14.6 Å². The highest BCUT2D eigenvalue weighted by Crippen LogP contribution is 2.34. The van der Waals surface area contributed by atoms with Crippen molar-refractivity contribution in [1.29, 1.82) is 0 Å². The highest BCUT2D eigenvalue weighted by atomic mass is 16.5. The van der Waals surface area contributed by atoms with Crippen LogP contribution in [0.25, 0.3) is 0 Å². The molecule has 0 bridgehead atoms. The maximum absolute atomic E-state index is 10.2. The van der Waals surface area contributed by atoms with Crippen molar-refractivity contribution in [3.05, 3.63) is 30.3 Å². The monoisotopic (exact) mass is 305 g/mol. The summed E-state index contributed by atoms with van der Waals surface area (Å²) in [6, 6.07) is 9.67. The third-order valence-corrected chi connectivity index (χ3v) is 4.75. The number of aliphatic hydroxyl groups is 1. The molecule has 2 fully saturated rings. The Morgan fingerprint density at radius 1 is 1.18 bits per heavy atom. The number of morpholine rings is 1. The van der Waals surface area contributed by atoms with Gasteiger partial charge in [0.05, 0.1) is 12.2 Å². The standard InChI is InChI=1S/C18H27NO3/c20-16(14-21-17-7-3-1-4-8-17)13-19-11-12-22-18(15-19)9-5-2-6-10-18/h1,3-4,7-8,16,20H,2,5-6,9-15H2. The molecule has 1 spiro atoms. The van der Waals surface area contributed by atoms with E-state index in [0.717, 1.165) is 25.4 Å². The zero-order valence-electron chi connectivity index (χ0n) is 13.2. The van der Waals surface area contributed by atoms with Crippen molar-refractivity contribution >= 4 is 0 Å². The van der Waals surface area contributed by atoms with Gasteiger partial charge < -0.3 is 14.6 Å². The van der Waals surface area contributed by atoms with Crippen molar-refractivity contribution in [1.82, 2.24) is 4.90 Å².